The van der Waals surface area contributed by atoms with Gasteiger partial charge in [0.2, 0.25) is 0 Å². The van der Waals surface area contributed by atoms with Gasteiger partial charge in [-0.15, -0.1) is 0 Å². The van der Waals surface area contributed by atoms with Crippen LogP contribution in [0.25, 0.3) is 153 Å². The van der Waals surface area contributed by atoms with Gasteiger partial charge in [0.1, 0.15) is 22.3 Å². The molecule has 0 saturated heterocycles. The van der Waals surface area contributed by atoms with E-state index in [0.29, 0.717) is 0 Å². The molecule has 4 heteroatoms. The van der Waals surface area contributed by atoms with E-state index in [0.717, 1.165) is 61.6 Å². The number of benzene rings is 18. The van der Waals surface area contributed by atoms with Gasteiger partial charge in [0.25, 0.3) is 0 Å². The number of furan rings is 2. The molecule has 0 amide bonds. The first kappa shape index (κ1) is 60.6. The van der Waals surface area contributed by atoms with Crippen LogP contribution in [0.5, 0.6) is 0 Å². The molecule has 20 aromatic rings. The lowest BCUT2D eigenvalue weighted by Gasteiger charge is -2.26. The predicted octanol–water partition coefficient (Wildman–Crippen LogP) is 28.2. The monoisotopic (exact) mass is 1310 g/mol. The number of hydrogen-bond acceptors (Lipinski definition) is 3. The topological polar surface area (TPSA) is 29.5 Å². The van der Waals surface area contributed by atoms with E-state index in [1.807, 2.05) is 36.4 Å². The number of anilines is 3. The summed E-state index contributed by atoms with van der Waals surface area (Å²) in [5.74, 6) is 0. The molecule has 0 spiro atoms. The fraction of sp³-hybridized carbons (Fsp3) is 0.0103. The number of para-hydroxylation sites is 2. The van der Waals surface area contributed by atoms with E-state index in [4.69, 9.17) is 20.4 Å². The summed E-state index contributed by atoms with van der Waals surface area (Å²) in [5, 5.41) is 20.5. The standard InChI is InChI=1S/C48H31NO.C31H22O.C18H11Cl/c1-2-10-32(11-3-1)39-13-6-7-14-40(39)34-18-23-36(24-19-34)49(38-26-29-48-46(31-38)44-16-8-9-17-47(44)50-48)37-25-20-35-22-27-42-41-15-5-4-12-33(41)21-28-43(42)45(35)30-37;1-2-8-24(9-3-1)26-10-4-5-11-27(26)25-17-14-22(15-18-25)20-23-16-19-31-29(21-23)28-12-6-7-13-30(28)32-31;19-14-8-5-13-7-9-16-15-4-2-1-3-12(15)6-10-17(16)18(13)11-14/h1-31H;1-19,21H,20H2;1-11H. The highest BCUT2D eigenvalue weighted by Crippen LogP contribution is 2.44. The second kappa shape index (κ2) is 26.2. The predicted molar refractivity (Wildman–Crippen MR) is 430 cm³/mol. The number of nitrogens with zero attached hydrogens (tertiary/aromatic N) is 1. The van der Waals surface area contributed by atoms with Gasteiger partial charge in [0, 0.05) is 43.6 Å². The second-order valence-electron chi connectivity index (χ2n) is 26.0. The molecule has 2 heterocycles. The van der Waals surface area contributed by atoms with Crippen molar-refractivity contribution in [3.8, 4) is 44.5 Å². The summed E-state index contributed by atoms with van der Waals surface area (Å²) in [7, 11) is 0. The van der Waals surface area contributed by atoms with Crippen molar-refractivity contribution in [2.45, 2.75) is 6.42 Å². The molecular formula is C97H64ClNO2. The highest BCUT2D eigenvalue weighted by Gasteiger charge is 2.19. The van der Waals surface area contributed by atoms with Crippen molar-refractivity contribution in [1.29, 1.82) is 0 Å². The Hall–Kier alpha value is -12.8. The van der Waals surface area contributed by atoms with Crippen LogP contribution in [0, 0.1) is 0 Å². The van der Waals surface area contributed by atoms with E-state index >= 15 is 0 Å². The van der Waals surface area contributed by atoms with Gasteiger partial charge in [0.15, 0.2) is 0 Å². The smallest absolute Gasteiger partial charge is 0.135 e. The van der Waals surface area contributed by atoms with Crippen molar-refractivity contribution >= 4 is 137 Å². The molecule has 0 aliphatic heterocycles. The number of fused-ring (bicyclic) bond motifs is 16. The molecule has 0 fully saturated rings. The Kier molecular flexibility index (Phi) is 15.7. The van der Waals surface area contributed by atoms with Crippen LogP contribution in [0.3, 0.4) is 0 Å². The van der Waals surface area contributed by atoms with E-state index < -0.39 is 0 Å². The van der Waals surface area contributed by atoms with Crippen molar-refractivity contribution in [2.75, 3.05) is 4.90 Å². The summed E-state index contributed by atoms with van der Waals surface area (Å²) in [5.41, 5.74) is 19.4. The molecule has 0 unspecified atom stereocenters. The van der Waals surface area contributed by atoms with Crippen LogP contribution in [0.4, 0.5) is 17.1 Å². The maximum Gasteiger partial charge on any atom is 0.135 e. The van der Waals surface area contributed by atoms with Crippen molar-refractivity contribution in [2.24, 2.45) is 0 Å². The average Bonchev–Trinajstić information content (AvgIpc) is 1.26. The minimum atomic E-state index is 0.785. The summed E-state index contributed by atoms with van der Waals surface area (Å²) in [6, 6.07) is 134. The summed E-state index contributed by atoms with van der Waals surface area (Å²) >= 11 is 6.14. The molecule has 0 aliphatic rings. The van der Waals surface area contributed by atoms with Gasteiger partial charge in [-0.05, 0) is 206 Å². The van der Waals surface area contributed by atoms with E-state index in [2.05, 4.69) is 345 Å². The van der Waals surface area contributed by atoms with Crippen LogP contribution in [0.15, 0.2) is 385 Å². The van der Waals surface area contributed by atoms with Crippen LogP contribution >= 0.6 is 11.6 Å². The maximum absolute atomic E-state index is 6.23. The van der Waals surface area contributed by atoms with Crippen molar-refractivity contribution < 1.29 is 8.83 Å². The molecule has 476 valence electrons. The highest BCUT2D eigenvalue weighted by atomic mass is 35.5. The van der Waals surface area contributed by atoms with Gasteiger partial charge in [-0.2, -0.15) is 0 Å². The molecule has 20 rings (SSSR count). The molecule has 0 saturated carbocycles. The van der Waals surface area contributed by atoms with Gasteiger partial charge < -0.3 is 13.7 Å². The minimum absolute atomic E-state index is 0.785. The van der Waals surface area contributed by atoms with Crippen molar-refractivity contribution in [1.82, 2.24) is 0 Å². The van der Waals surface area contributed by atoms with E-state index in [9.17, 15) is 0 Å². The van der Waals surface area contributed by atoms with E-state index in [1.165, 1.54) is 131 Å². The first-order valence-electron chi connectivity index (χ1n) is 34.4. The van der Waals surface area contributed by atoms with Crippen molar-refractivity contribution in [3.63, 3.8) is 0 Å². The lowest BCUT2D eigenvalue weighted by Crippen LogP contribution is -2.09. The first-order chi connectivity index (χ1) is 50.0. The molecule has 3 nitrogen and oxygen atoms in total. The molecule has 0 bridgehead atoms. The van der Waals surface area contributed by atoms with Gasteiger partial charge in [-0.1, -0.05) is 309 Å². The fourth-order valence-electron chi connectivity index (χ4n) is 15.0. The van der Waals surface area contributed by atoms with Gasteiger partial charge in [-0.3, -0.25) is 0 Å². The third-order valence-electron chi connectivity index (χ3n) is 19.9. The Bertz CT molecular complexity index is 6490. The van der Waals surface area contributed by atoms with Crippen LogP contribution < -0.4 is 4.90 Å². The molecule has 101 heavy (non-hydrogen) atoms. The zero-order valence-corrected chi connectivity index (χ0v) is 55.9. The fourth-order valence-corrected chi connectivity index (χ4v) is 15.1. The third-order valence-corrected chi connectivity index (χ3v) is 20.1. The molecule has 0 aliphatic carbocycles. The third kappa shape index (κ3) is 11.6. The maximum atomic E-state index is 6.23. The SMILES string of the molecule is Clc1ccc2ccc3c4ccccc4ccc3c2c1.c1ccc(-c2ccccc2-c2ccc(Cc3ccc4oc5ccccc5c4c3)cc2)cc1.c1ccc(-c2ccccc2-c2ccc(N(c3ccc4ccc5c6ccccc6ccc5c4c3)c3ccc4oc5ccccc5c4c3)cc2)cc1. The Morgan fingerprint density at radius 3 is 1.07 bits per heavy atom. The summed E-state index contributed by atoms with van der Waals surface area (Å²) in [6.07, 6.45) is 0.899. The van der Waals surface area contributed by atoms with Crippen LogP contribution in [0.2, 0.25) is 5.02 Å². The first-order valence-corrected chi connectivity index (χ1v) is 34.8. The lowest BCUT2D eigenvalue weighted by atomic mass is 9.93. The van der Waals surface area contributed by atoms with Crippen LogP contribution in [0.1, 0.15) is 11.1 Å². The Morgan fingerprint density at radius 1 is 0.208 bits per heavy atom. The van der Waals surface area contributed by atoms with Gasteiger partial charge in [-0.25, -0.2) is 0 Å². The van der Waals surface area contributed by atoms with Crippen molar-refractivity contribution in [3.05, 3.63) is 392 Å². The molecular weight excluding hydrogens is 1250 g/mol. The number of halogens is 1. The average molecular weight is 1310 g/mol. The van der Waals surface area contributed by atoms with Gasteiger partial charge >= 0.3 is 0 Å². The summed E-state index contributed by atoms with van der Waals surface area (Å²) < 4.78 is 12.2. The number of hydrogen-bond donors (Lipinski definition) is 0. The second-order valence-corrected chi connectivity index (χ2v) is 26.4. The molecule has 0 N–H and O–H groups in total. The normalized spacial score (nSPS) is 11.5. The summed E-state index contributed by atoms with van der Waals surface area (Å²) in [6.45, 7) is 0. The summed E-state index contributed by atoms with van der Waals surface area (Å²) in [4.78, 5) is 2.37. The van der Waals surface area contributed by atoms with Crippen LogP contribution in [-0.2, 0) is 6.42 Å². The lowest BCUT2D eigenvalue weighted by molar-refractivity contribution is 0.668. The van der Waals surface area contributed by atoms with Gasteiger partial charge in [0.05, 0.1) is 0 Å². The molecule has 18 aromatic carbocycles. The molecule has 0 atom stereocenters. The zero-order valence-electron chi connectivity index (χ0n) is 55.1. The van der Waals surface area contributed by atoms with E-state index in [1.54, 1.807) is 0 Å². The molecule has 2 aromatic heterocycles. The Morgan fingerprint density at radius 2 is 0.545 bits per heavy atom. The molecule has 0 radical (unpaired) electrons. The quantitative estimate of drug-likeness (QED) is 0.135. The van der Waals surface area contributed by atoms with Crippen LogP contribution in [-0.4, -0.2) is 0 Å². The minimum Gasteiger partial charge on any atom is -0.456 e. The largest absolute Gasteiger partial charge is 0.456 e. The zero-order chi connectivity index (χ0) is 67.2. The van der Waals surface area contributed by atoms with E-state index in [-0.39, 0.29) is 0 Å². The Balaban J connectivity index is 0.000000122. The number of rotatable bonds is 9. The highest BCUT2D eigenvalue weighted by molar-refractivity contribution is 6.32. The Labute approximate surface area is 590 Å².